The molecule has 4 heteroatoms. The molecular weight excluding hydrogens is 272 g/mol. The number of hydrogen-bond acceptors (Lipinski definition) is 3. The van der Waals surface area contributed by atoms with Crippen LogP contribution in [-0.2, 0) is 0 Å². The fourth-order valence-corrected chi connectivity index (χ4v) is 4.03. The first-order chi connectivity index (χ1) is 9.69. The molecule has 2 heterocycles. The van der Waals surface area contributed by atoms with E-state index in [9.17, 15) is 4.79 Å². The van der Waals surface area contributed by atoms with E-state index in [4.69, 9.17) is 11.6 Å². The van der Waals surface area contributed by atoms with Gasteiger partial charge in [-0.3, -0.25) is 4.79 Å². The summed E-state index contributed by atoms with van der Waals surface area (Å²) in [6.07, 6.45) is 4.66. The van der Waals surface area contributed by atoms with Crippen LogP contribution < -0.4 is 4.90 Å². The molecule has 0 radical (unpaired) electrons. The van der Waals surface area contributed by atoms with Gasteiger partial charge in [0.2, 0.25) is 0 Å². The Bertz CT molecular complexity index is 505. The molecule has 0 spiro atoms. The molecule has 20 heavy (non-hydrogen) atoms. The highest BCUT2D eigenvalue weighted by Crippen LogP contribution is 2.34. The number of carbonyl (C=O) groups excluding carboxylic acids is 1. The highest BCUT2D eigenvalue weighted by Gasteiger charge is 2.34. The van der Waals surface area contributed by atoms with E-state index in [0.717, 1.165) is 37.0 Å². The lowest BCUT2D eigenvalue weighted by atomic mass is 9.84. The van der Waals surface area contributed by atoms with Gasteiger partial charge >= 0.3 is 0 Å². The largest absolute Gasteiger partial charge is 0.370 e. The number of likely N-dealkylation sites (tertiary alicyclic amines) is 1. The molecule has 0 bridgehead atoms. The standard InChI is InChI=1S/C16H21ClN2O/c1-18-7-2-3-13-10-19(8-6-15(13)18)16-5-4-12(11-20)9-14(16)17/h4-5,9,11,13,15H,2-3,6-8,10H2,1H3. The Hall–Kier alpha value is -1.06. The Morgan fingerprint density at radius 2 is 2.15 bits per heavy atom. The number of hydrogen-bond donors (Lipinski definition) is 0. The zero-order chi connectivity index (χ0) is 14.1. The molecule has 0 N–H and O–H groups in total. The summed E-state index contributed by atoms with van der Waals surface area (Å²) >= 11 is 6.33. The summed E-state index contributed by atoms with van der Waals surface area (Å²) in [6.45, 7) is 3.36. The predicted octanol–water partition coefficient (Wildman–Crippen LogP) is 3.07. The van der Waals surface area contributed by atoms with E-state index in [1.165, 1.54) is 25.8 Å². The topological polar surface area (TPSA) is 23.6 Å². The lowest BCUT2D eigenvalue weighted by Gasteiger charge is -2.46. The first-order valence-electron chi connectivity index (χ1n) is 7.39. The van der Waals surface area contributed by atoms with E-state index < -0.39 is 0 Å². The lowest BCUT2D eigenvalue weighted by molar-refractivity contribution is 0.102. The normalized spacial score (nSPS) is 27.2. The SMILES string of the molecule is CN1CCCC2CN(c3ccc(C=O)cc3Cl)CCC21. The monoisotopic (exact) mass is 292 g/mol. The van der Waals surface area contributed by atoms with Crippen LogP contribution in [0.5, 0.6) is 0 Å². The molecule has 108 valence electrons. The van der Waals surface area contributed by atoms with E-state index >= 15 is 0 Å². The third-order valence-corrected chi connectivity index (χ3v) is 5.10. The molecule has 0 amide bonds. The number of halogens is 1. The third-order valence-electron chi connectivity index (χ3n) is 4.79. The zero-order valence-electron chi connectivity index (χ0n) is 11.9. The predicted molar refractivity (Wildman–Crippen MR) is 82.8 cm³/mol. The summed E-state index contributed by atoms with van der Waals surface area (Å²) in [5.41, 5.74) is 1.72. The summed E-state index contributed by atoms with van der Waals surface area (Å²) in [4.78, 5) is 15.7. The van der Waals surface area contributed by atoms with Crippen LogP contribution >= 0.6 is 11.6 Å². The summed E-state index contributed by atoms with van der Waals surface area (Å²) < 4.78 is 0. The van der Waals surface area contributed by atoms with Gasteiger partial charge in [0.1, 0.15) is 6.29 Å². The van der Waals surface area contributed by atoms with Gasteiger partial charge in [0.15, 0.2) is 0 Å². The molecule has 2 aliphatic rings. The van der Waals surface area contributed by atoms with Crippen molar-refractivity contribution in [1.29, 1.82) is 0 Å². The van der Waals surface area contributed by atoms with Gasteiger partial charge in [-0.2, -0.15) is 0 Å². The molecule has 2 aliphatic heterocycles. The maximum absolute atomic E-state index is 10.8. The number of rotatable bonds is 2. The second kappa shape index (κ2) is 5.74. The van der Waals surface area contributed by atoms with Crippen molar-refractivity contribution < 1.29 is 4.79 Å². The number of fused-ring (bicyclic) bond motifs is 1. The first-order valence-corrected chi connectivity index (χ1v) is 7.77. The molecule has 0 saturated carbocycles. The van der Waals surface area contributed by atoms with Crippen molar-refractivity contribution in [1.82, 2.24) is 4.90 Å². The number of benzene rings is 1. The van der Waals surface area contributed by atoms with E-state index in [1.807, 2.05) is 12.1 Å². The Balaban J connectivity index is 1.77. The summed E-state index contributed by atoms with van der Waals surface area (Å²) in [5.74, 6) is 0.740. The van der Waals surface area contributed by atoms with Gasteiger partial charge in [0, 0.05) is 24.7 Å². The van der Waals surface area contributed by atoms with Crippen LogP contribution in [0, 0.1) is 5.92 Å². The highest BCUT2D eigenvalue weighted by molar-refractivity contribution is 6.33. The molecule has 0 aromatic heterocycles. The molecular formula is C16H21ClN2O. The van der Waals surface area contributed by atoms with Gasteiger partial charge in [0.05, 0.1) is 10.7 Å². The fraction of sp³-hybridized carbons (Fsp3) is 0.562. The van der Waals surface area contributed by atoms with Crippen LogP contribution in [0.1, 0.15) is 29.6 Å². The fourth-order valence-electron chi connectivity index (χ4n) is 3.72. The van der Waals surface area contributed by atoms with Crippen LogP contribution in [0.15, 0.2) is 18.2 Å². The molecule has 1 aromatic carbocycles. The Labute approximate surface area is 125 Å². The van der Waals surface area contributed by atoms with Crippen molar-refractivity contribution in [3.8, 4) is 0 Å². The molecule has 0 aliphatic carbocycles. The second-order valence-corrected chi connectivity index (χ2v) is 6.42. The van der Waals surface area contributed by atoms with Crippen LogP contribution in [-0.4, -0.2) is 43.9 Å². The van der Waals surface area contributed by atoms with Gasteiger partial charge in [0.25, 0.3) is 0 Å². The molecule has 1 aromatic rings. The van der Waals surface area contributed by atoms with Gasteiger partial charge in [-0.25, -0.2) is 0 Å². The van der Waals surface area contributed by atoms with Crippen LogP contribution in [0.25, 0.3) is 0 Å². The minimum Gasteiger partial charge on any atom is -0.370 e. The average molecular weight is 293 g/mol. The average Bonchev–Trinajstić information content (AvgIpc) is 2.47. The van der Waals surface area contributed by atoms with Crippen molar-refractivity contribution in [3.05, 3.63) is 28.8 Å². The number of piperidine rings is 2. The van der Waals surface area contributed by atoms with E-state index in [1.54, 1.807) is 6.07 Å². The molecule has 2 saturated heterocycles. The molecule has 2 unspecified atom stereocenters. The number of nitrogens with zero attached hydrogens (tertiary/aromatic N) is 2. The Morgan fingerprint density at radius 3 is 2.90 bits per heavy atom. The zero-order valence-corrected chi connectivity index (χ0v) is 12.6. The van der Waals surface area contributed by atoms with Crippen molar-refractivity contribution >= 4 is 23.6 Å². The van der Waals surface area contributed by atoms with Crippen LogP contribution in [0.4, 0.5) is 5.69 Å². The minimum absolute atomic E-state index is 0.644. The molecule has 3 rings (SSSR count). The van der Waals surface area contributed by atoms with Gasteiger partial charge < -0.3 is 9.80 Å². The quantitative estimate of drug-likeness (QED) is 0.783. The Kier molecular flexibility index (Phi) is 3.99. The van der Waals surface area contributed by atoms with Gasteiger partial charge in [-0.15, -0.1) is 0 Å². The smallest absolute Gasteiger partial charge is 0.150 e. The number of carbonyl (C=O) groups is 1. The number of anilines is 1. The highest BCUT2D eigenvalue weighted by atomic mass is 35.5. The molecule has 3 nitrogen and oxygen atoms in total. The summed E-state index contributed by atoms with van der Waals surface area (Å²) in [5, 5.41) is 0.692. The van der Waals surface area contributed by atoms with Crippen LogP contribution in [0.3, 0.4) is 0 Å². The van der Waals surface area contributed by atoms with Crippen molar-refractivity contribution in [3.63, 3.8) is 0 Å². The molecule has 2 atom stereocenters. The van der Waals surface area contributed by atoms with E-state index in [2.05, 4.69) is 16.8 Å². The van der Waals surface area contributed by atoms with Crippen molar-refractivity contribution in [2.24, 2.45) is 5.92 Å². The summed E-state index contributed by atoms with van der Waals surface area (Å²) in [6, 6.07) is 6.34. The lowest BCUT2D eigenvalue weighted by Crippen LogP contribution is -2.52. The van der Waals surface area contributed by atoms with Crippen molar-refractivity contribution in [2.45, 2.75) is 25.3 Å². The van der Waals surface area contributed by atoms with Gasteiger partial charge in [-0.05, 0) is 57.0 Å². The minimum atomic E-state index is 0.644. The maximum Gasteiger partial charge on any atom is 0.150 e. The van der Waals surface area contributed by atoms with Crippen molar-refractivity contribution in [2.75, 3.05) is 31.6 Å². The Morgan fingerprint density at radius 1 is 1.30 bits per heavy atom. The van der Waals surface area contributed by atoms with Gasteiger partial charge in [-0.1, -0.05) is 11.6 Å². The maximum atomic E-state index is 10.8. The second-order valence-electron chi connectivity index (χ2n) is 6.01. The number of aldehydes is 1. The van der Waals surface area contributed by atoms with E-state index in [0.29, 0.717) is 10.6 Å². The molecule has 2 fully saturated rings. The van der Waals surface area contributed by atoms with Crippen LogP contribution in [0.2, 0.25) is 5.02 Å². The summed E-state index contributed by atoms with van der Waals surface area (Å²) in [7, 11) is 2.25. The third kappa shape index (κ3) is 2.57. The van der Waals surface area contributed by atoms with E-state index in [-0.39, 0.29) is 0 Å². The first kappa shape index (κ1) is 13.9.